The van der Waals surface area contributed by atoms with Crippen LogP contribution in [0.2, 0.25) is 0 Å². The third-order valence-electron chi connectivity index (χ3n) is 13.1. The van der Waals surface area contributed by atoms with E-state index in [1.165, 1.54) is 59.8 Å². The Kier molecular flexibility index (Phi) is 79.9. The van der Waals surface area contributed by atoms with Crippen LogP contribution < -0.4 is 0 Å². The summed E-state index contributed by atoms with van der Waals surface area (Å²) in [5.74, 6) is -6.46. The van der Waals surface area contributed by atoms with Gasteiger partial charge < -0.3 is 0 Å². The molecule has 0 bridgehead atoms. The summed E-state index contributed by atoms with van der Waals surface area (Å²) in [6, 6.07) is 0. The molecule has 0 nitrogen and oxygen atoms in total. The van der Waals surface area contributed by atoms with E-state index in [-0.39, 0.29) is 51.3 Å². The minimum absolute atomic E-state index is 0.104. The highest BCUT2D eigenvalue weighted by Crippen LogP contribution is 2.49. The highest BCUT2D eigenvalue weighted by molar-refractivity contribution is 4.84. The Morgan fingerprint density at radius 2 is 0.500 bits per heavy atom. The van der Waals surface area contributed by atoms with Crippen LogP contribution in [-0.4, -0.2) is 67.9 Å². The van der Waals surface area contributed by atoms with E-state index < -0.39 is 134 Å². The van der Waals surface area contributed by atoms with Gasteiger partial charge in [0.15, 0.2) is 11.3 Å². The summed E-state index contributed by atoms with van der Waals surface area (Å²) in [4.78, 5) is 0. The Balaban J connectivity index is -0.0000000742. The van der Waals surface area contributed by atoms with Gasteiger partial charge in [0, 0.05) is 21.5 Å². The zero-order valence-electron chi connectivity index (χ0n) is 71.4. The molecule has 1 unspecified atom stereocenters. The van der Waals surface area contributed by atoms with E-state index in [2.05, 4.69) is 90.0 Å². The minimum atomic E-state index is -5.24. The molecular formula is C73H141F33. The minimum Gasteiger partial charge on any atom is -0.171 e. The molecule has 0 saturated carbocycles. The van der Waals surface area contributed by atoms with Crippen LogP contribution in [0.5, 0.6) is 0 Å². The van der Waals surface area contributed by atoms with Gasteiger partial charge in [0.2, 0.25) is 0 Å². The average molecular weight is 1650 g/mol. The summed E-state index contributed by atoms with van der Waals surface area (Å²) >= 11 is 0. The van der Waals surface area contributed by atoms with Crippen LogP contribution in [0.15, 0.2) is 0 Å². The van der Waals surface area contributed by atoms with Crippen molar-refractivity contribution in [2.24, 2.45) is 75.4 Å². The smallest absolute Gasteiger partial charge is 0.171 e. The van der Waals surface area contributed by atoms with Crippen molar-refractivity contribution in [1.29, 1.82) is 0 Å². The second-order valence-corrected chi connectivity index (χ2v) is 29.8. The van der Waals surface area contributed by atoms with Crippen LogP contribution >= 0.6 is 0 Å². The number of hydrogen-bond donors (Lipinski definition) is 0. The van der Waals surface area contributed by atoms with Gasteiger partial charge in [-0.05, 0) is 80.9 Å². The third-order valence-corrected chi connectivity index (χ3v) is 13.1. The molecule has 3 atom stereocenters. The molecule has 0 spiro atoms. The monoisotopic (exact) mass is 1650 g/mol. The molecule has 0 amide bonds. The van der Waals surface area contributed by atoms with Gasteiger partial charge in [-0.15, -0.1) is 0 Å². The predicted molar refractivity (Wildman–Crippen MR) is 370 cm³/mol. The first-order valence-corrected chi connectivity index (χ1v) is 35.2. The lowest BCUT2D eigenvalue weighted by Crippen LogP contribution is -2.44. The maximum atomic E-state index is 11.7. The summed E-state index contributed by atoms with van der Waals surface area (Å²) < 4.78 is 395. The van der Waals surface area contributed by atoms with Gasteiger partial charge in [-0.25, -0.2) is 0 Å². The lowest BCUT2D eigenvalue weighted by molar-refractivity contribution is -0.327. The second kappa shape index (κ2) is 65.1. The van der Waals surface area contributed by atoms with Gasteiger partial charge in [0.05, 0.1) is 23.2 Å². The molecule has 0 aromatic carbocycles. The molecule has 106 heavy (non-hydrogen) atoms. The molecule has 0 N–H and O–H groups in total. The molecule has 0 aromatic heterocycles. The largest absolute Gasteiger partial charge is 0.402 e. The summed E-state index contributed by atoms with van der Waals surface area (Å²) in [5.41, 5.74) is -4.65. The lowest BCUT2D eigenvalue weighted by Gasteiger charge is -2.29. The molecule has 33 heteroatoms. The van der Waals surface area contributed by atoms with E-state index in [9.17, 15) is 145 Å². The summed E-state index contributed by atoms with van der Waals surface area (Å²) in [7, 11) is 0. The SMILES string of the molecule is CC(C)(C(F)(F)F)C(F)(F)F.CC(C)(C)C(F)(F)F.CC(C)C(C)C.CC(C)C(F)(F)F.CCC(C)(C)C.CCC(C)C.CCC(C)C(F)(F)F.CCCC(C(F)(F)F)C(F)(F)F.CCCCC.CCCCCC(F)(F)F.CCC[C@H](C)C(F)(F)F.C[C@@H](CCC(F)(F)F)C(F)(F)F.[2H]C(C)(C)C.[2H]C(C)(C)C. The Morgan fingerprint density at radius 3 is 0.575 bits per heavy atom. The number of alkyl halides is 33. The standard InChI is InChI=1S/2C6H8F6.2C6H11F3.2C6H14.C5H6F6.2C5H9F3.2C5H12.C4H7F3.2C4H10/c1-4(6(10,11)12)2-3-5(7,8)9;1-2-3-4(5(7,8)9)6(10,11)12;1-3-4-5(2)6(7,8)9;1-2-3-4-5-6(7,8)9;1-5-6(2,3)4;1-5(2)6(3)4;1-3(2,4(6,7)8)5(9,10)11;1-4(2,3)5(6,7)8;1-3-4(2)5(6,7)8;1-4-5(2)3;1-3-5-4-2;1-3(2)4(5,6)7;2*1-4(2)3/h2*4H,2-3H2,1H3;5H,3-4H2,1-2H3;2-5H2,1H3;5H2,1-4H3;5-6H,1-4H3;1-2H3;1-3H3;4H,3H2,1-2H3;5H,4H2,1-3H3;3-5H2,1-2H3;3H,1-2H3;2*4H,1-3H3/t4-;;5-;;;;;;;;;;;/m0.0.........../s1/i;;;;;;;;;;;;2*4D. The van der Waals surface area contributed by atoms with Crippen LogP contribution in [0.25, 0.3) is 0 Å². The number of halogens is 33. The Morgan fingerprint density at radius 1 is 0.274 bits per heavy atom. The van der Waals surface area contributed by atoms with Gasteiger partial charge in [0.25, 0.3) is 0 Å². The van der Waals surface area contributed by atoms with Gasteiger partial charge >= 0.3 is 67.9 Å². The maximum absolute atomic E-state index is 11.7. The summed E-state index contributed by atoms with van der Waals surface area (Å²) in [6.07, 6.45) is -44.3. The Labute approximate surface area is 620 Å². The Bertz CT molecular complexity index is 1810. The van der Waals surface area contributed by atoms with Crippen molar-refractivity contribution in [3.05, 3.63) is 0 Å². The number of hydrogen-bond acceptors (Lipinski definition) is 0. The van der Waals surface area contributed by atoms with E-state index in [1.54, 1.807) is 6.92 Å². The maximum Gasteiger partial charge on any atom is 0.402 e. The van der Waals surface area contributed by atoms with Crippen LogP contribution in [0.3, 0.4) is 0 Å². The van der Waals surface area contributed by atoms with E-state index in [0.717, 1.165) is 65.7 Å². The fraction of sp³-hybridized carbons (Fsp3) is 1.00. The van der Waals surface area contributed by atoms with E-state index in [1.807, 2.05) is 48.5 Å². The molecule has 0 heterocycles. The molecule has 0 aromatic rings. The van der Waals surface area contributed by atoms with Crippen molar-refractivity contribution in [3.63, 3.8) is 0 Å². The van der Waals surface area contributed by atoms with Crippen LogP contribution in [0, 0.1) is 75.4 Å². The first-order chi connectivity index (χ1) is 46.4. The van der Waals surface area contributed by atoms with Crippen LogP contribution in [-0.2, 0) is 0 Å². The van der Waals surface area contributed by atoms with Gasteiger partial charge in [-0.2, -0.15) is 145 Å². The second-order valence-electron chi connectivity index (χ2n) is 29.8. The fourth-order valence-electron chi connectivity index (χ4n) is 3.26. The number of unbranched alkanes of at least 4 members (excludes halogenated alkanes) is 4. The Hall–Kier alpha value is -2.31. The quantitative estimate of drug-likeness (QED) is 0.120. The van der Waals surface area contributed by atoms with Crippen molar-refractivity contribution < 1.29 is 148 Å². The van der Waals surface area contributed by atoms with Gasteiger partial charge in [0.1, 0.15) is 0 Å². The molecule has 0 aliphatic heterocycles. The van der Waals surface area contributed by atoms with Crippen molar-refractivity contribution in [3.8, 4) is 0 Å². The van der Waals surface area contributed by atoms with Crippen molar-refractivity contribution in [2.45, 2.75) is 399 Å². The molecule has 0 radical (unpaired) electrons. The zero-order chi connectivity index (χ0) is 91.9. The molecule has 0 rings (SSSR count). The molecular weight excluding hydrogens is 1500 g/mol. The van der Waals surface area contributed by atoms with Crippen LogP contribution in [0.4, 0.5) is 145 Å². The van der Waals surface area contributed by atoms with E-state index in [0.29, 0.717) is 18.3 Å². The summed E-state index contributed by atoms with van der Waals surface area (Å²) in [6.45, 7) is 55.6. The summed E-state index contributed by atoms with van der Waals surface area (Å²) in [5, 5.41) is 0. The van der Waals surface area contributed by atoms with E-state index in [4.69, 9.17) is 2.74 Å². The van der Waals surface area contributed by atoms with E-state index >= 15 is 0 Å². The normalized spacial score (nSPS) is 13.8. The average Bonchev–Trinajstić information content (AvgIpc) is 0.794. The third kappa shape index (κ3) is 123. The topological polar surface area (TPSA) is 0 Å². The fourth-order valence-corrected chi connectivity index (χ4v) is 3.26. The van der Waals surface area contributed by atoms with Crippen molar-refractivity contribution in [1.82, 2.24) is 0 Å². The van der Waals surface area contributed by atoms with Crippen molar-refractivity contribution in [2.75, 3.05) is 0 Å². The van der Waals surface area contributed by atoms with Gasteiger partial charge in [-0.3, -0.25) is 0 Å². The van der Waals surface area contributed by atoms with Gasteiger partial charge in [-0.1, -0.05) is 272 Å². The zero-order valence-corrected chi connectivity index (χ0v) is 69.4. The molecule has 0 aliphatic carbocycles. The molecule has 664 valence electrons. The highest BCUT2D eigenvalue weighted by atomic mass is 19.5. The molecule has 0 fully saturated rings. The molecule has 0 aliphatic rings. The molecule has 0 saturated heterocycles. The van der Waals surface area contributed by atoms with Crippen LogP contribution in [0.1, 0.15) is 334 Å². The number of rotatable bonds is 14. The first kappa shape index (κ1) is 130. The lowest BCUT2D eigenvalue weighted by atomic mass is 9.92. The highest BCUT2D eigenvalue weighted by Gasteiger charge is 2.64. The first-order valence-electron chi connectivity index (χ1n) is 36.2. The van der Waals surface area contributed by atoms with Crippen molar-refractivity contribution >= 4 is 0 Å². The predicted octanol–water partition coefficient (Wildman–Crippen LogP) is 36.0.